The number of hydrogen-bond donors (Lipinski definition) is 0. The maximum atomic E-state index is 11.7. The first-order chi connectivity index (χ1) is 6.29. The third kappa shape index (κ3) is 1.72. The molecule has 0 N–H and O–H groups in total. The van der Waals surface area contributed by atoms with Gasteiger partial charge in [-0.3, -0.25) is 9.78 Å². The molecule has 2 aromatic heterocycles. The van der Waals surface area contributed by atoms with Crippen LogP contribution < -0.4 is 0 Å². The summed E-state index contributed by atoms with van der Waals surface area (Å²) in [7, 11) is 0. The molecule has 0 aliphatic rings. The lowest BCUT2D eigenvalue weighted by molar-refractivity contribution is 0.104. The van der Waals surface area contributed by atoms with Crippen LogP contribution in [0.1, 0.15) is 14.5 Å². The molecule has 0 spiro atoms. The normalized spacial score (nSPS) is 10.2. The van der Waals surface area contributed by atoms with Gasteiger partial charge in [0.05, 0.1) is 15.3 Å². The van der Waals surface area contributed by atoms with Crippen molar-refractivity contribution in [3.05, 3.63) is 37.4 Å². The third-order valence-electron chi connectivity index (χ3n) is 1.48. The van der Waals surface area contributed by atoms with E-state index in [2.05, 4.69) is 20.9 Å². The van der Waals surface area contributed by atoms with Crippen LogP contribution in [0, 0.1) is 0 Å². The summed E-state index contributed by atoms with van der Waals surface area (Å²) in [6.07, 6.45) is 1.60. The third-order valence-corrected chi connectivity index (χ3v) is 4.09. The summed E-state index contributed by atoms with van der Waals surface area (Å²) in [6, 6.07) is 1.87. The standard InChI is InChI=1S/C8H4BrNOS2/c9-5-1-2-12-8(5)7(11)6-3-10-4-13-6/h1-4H. The molecule has 2 nitrogen and oxygen atoms in total. The number of rotatable bonds is 2. The average Bonchev–Trinajstić information content (AvgIpc) is 2.72. The van der Waals surface area contributed by atoms with E-state index in [0.29, 0.717) is 4.88 Å². The Morgan fingerprint density at radius 2 is 2.31 bits per heavy atom. The van der Waals surface area contributed by atoms with Crippen molar-refractivity contribution in [1.82, 2.24) is 4.98 Å². The molecule has 0 unspecified atom stereocenters. The van der Waals surface area contributed by atoms with Crippen molar-refractivity contribution in [3.63, 3.8) is 0 Å². The topological polar surface area (TPSA) is 30.0 Å². The Hall–Kier alpha value is -0.520. The molecule has 0 radical (unpaired) electrons. The summed E-state index contributed by atoms with van der Waals surface area (Å²) < 4.78 is 0.857. The van der Waals surface area contributed by atoms with Crippen molar-refractivity contribution in [2.75, 3.05) is 0 Å². The fraction of sp³-hybridized carbons (Fsp3) is 0. The van der Waals surface area contributed by atoms with Crippen LogP contribution in [-0.4, -0.2) is 10.8 Å². The summed E-state index contributed by atoms with van der Waals surface area (Å²) in [5.74, 6) is 0.0457. The van der Waals surface area contributed by atoms with Gasteiger partial charge in [-0.2, -0.15) is 0 Å². The quantitative estimate of drug-likeness (QED) is 0.787. The highest BCUT2D eigenvalue weighted by Gasteiger charge is 2.14. The predicted molar refractivity (Wildman–Crippen MR) is 57.6 cm³/mol. The molecule has 2 heterocycles. The van der Waals surface area contributed by atoms with E-state index in [4.69, 9.17) is 0 Å². The maximum Gasteiger partial charge on any atom is 0.215 e. The lowest BCUT2D eigenvalue weighted by Gasteiger charge is -1.92. The summed E-state index contributed by atoms with van der Waals surface area (Å²) in [6.45, 7) is 0. The SMILES string of the molecule is O=C(c1cncs1)c1sccc1Br. The van der Waals surface area contributed by atoms with Gasteiger partial charge in [0.15, 0.2) is 0 Å². The number of aromatic nitrogens is 1. The summed E-state index contributed by atoms with van der Waals surface area (Å²) in [4.78, 5) is 17.0. The predicted octanol–water partition coefficient (Wildman–Crippen LogP) is 3.20. The number of thiazole rings is 1. The summed E-state index contributed by atoms with van der Waals surface area (Å²) in [5, 5.41) is 1.89. The molecule has 0 aromatic carbocycles. The lowest BCUT2D eigenvalue weighted by atomic mass is 10.3. The number of thiophene rings is 1. The van der Waals surface area contributed by atoms with Gasteiger partial charge in [0.1, 0.15) is 0 Å². The Labute approximate surface area is 91.4 Å². The van der Waals surface area contributed by atoms with Crippen LogP contribution >= 0.6 is 38.6 Å². The number of ketones is 1. The van der Waals surface area contributed by atoms with E-state index in [1.54, 1.807) is 11.7 Å². The smallest absolute Gasteiger partial charge is 0.215 e. The fourth-order valence-electron chi connectivity index (χ4n) is 0.896. The highest BCUT2D eigenvalue weighted by molar-refractivity contribution is 9.10. The van der Waals surface area contributed by atoms with Gasteiger partial charge < -0.3 is 0 Å². The lowest BCUT2D eigenvalue weighted by Crippen LogP contribution is -1.95. The first kappa shape index (κ1) is 9.05. The van der Waals surface area contributed by atoms with Crippen molar-refractivity contribution in [3.8, 4) is 0 Å². The summed E-state index contributed by atoms with van der Waals surface area (Å²) in [5.41, 5.74) is 1.66. The number of carbonyl (C=O) groups is 1. The first-order valence-electron chi connectivity index (χ1n) is 3.45. The first-order valence-corrected chi connectivity index (χ1v) is 6.00. The van der Waals surface area contributed by atoms with Crippen molar-refractivity contribution in [2.45, 2.75) is 0 Å². The van der Waals surface area contributed by atoms with Gasteiger partial charge in [-0.1, -0.05) is 0 Å². The zero-order chi connectivity index (χ0) is 9.26. The van der Waals surface area contributed by atoms with E-state index in [0.717, 1.165) is 9.35 Å². The van der Waals surface area contributed by atoms with Crippen molar-refractivity contribution in [1.29, 1.82) is 0 Å². The van der Waals surface area contributed by atoms with Crippen LogP contribution in [0.3, 0.4) is 0 Å². The van der Waals surface area contributed by atoms with Crippen LogP contribution in [0.25, 0.3) is 0 Å². The van der Waals surface area contributed by atoms with Gasteiger partial charge in [-0.25, -0.2) is 0 Å². The van der Waals surface area contributed by atoms with E-state index in [9.17, 15) is 4.79 Å². The van der Waals surface area contributed by atoms with Crippen LogP contribution in [0.2, 0.25) is 0 Å². The molecule has 5 heteroatoms. The fourth-order valence-corrected chi connectivity index (χ4v) is 3.03. The van der Waals surface area contributed by atoms with Crippen LogP contribution in [0.5, 0.6) is 0 Å². The molecule has 0 saturated carbocycles. The second kappa shape index (κ2) is 3.69. The number of nitrogens with zero attached hydrogens (tertiary/aromatic N) is 1. The second-order valence-electron chi connectivity index (χ2n) is 2.29. The van der Waals surface area contributed by atoms with E-state index in [1.807, 2.05) is 11.4 Å². The van der Waals surface area contributed by atoms with Gasteiger partial charge in [0.2, 0.25) is 5.78 Å². The highest BCUT2D eigenvalue weighted by Crippen LogP contribution is 2.26. The molecular weight excluding hydrogens is 270 g/mol. The zero-order valence-corrected chi connectivity index (χ0v) is 9.58. The Morgan fingerprint density at radius 3 is 2.85 bits per heavy atom. The van der Waals surface area contributed by atoms with Gasteiger partial charge >= 0.3 is 0 Å². The van der Waals surface area contributed by atoms with Crippen molar-refractivity contribution in [2.24, 2.45) is 0 Å². The molecule has 0 aliphatic carbocycles. The molecule has 0 bridgehead atoms. The Kier molecular flexibility index (Phi) is 2.57. The second-order valence-corrected chi connectivity index (χ2v) is 4.95. The van der Waals surface area contributed by atoms with Crippen LogP contribution in [0.4, 0.5) is 0 Å². The molecular formula is C8H4BrNOS2. The maximum absolute atomic E-state index is 11.7. The molecule has 0 aliphatic heterocycles. The summed E-state index contributed by atoms with van der Waals surface area (Å²) >= 11 is 6.13. The molecule has 2 rings (SSSR count). The van der Waals surface area contributed by atoms with Gasteiger partial charge in [-0.05, 0) is 27.4 Å². The van der Waals surface area contributed by atoms with E-state index in [1.165, 1.54) is 22.7 Å². The number of hydrogen-bond acceptors (Lipinski definition) is 4. The Bertz CT molecular complexity index is 421. The molecule has 66 valence electrons. The monoisotopic (exact) mass is 273 g/mol. The highest BCUT2D eigenvalue weighted by atomic mass is 79.9. The number of carbonyl (C=O) groups excluding carboxylic acids is 1. The zero-order valence-electron chi connectivity index (χ0n) is 6.36. The van der Waals surface area contributed by atoms with Gasteiger partial charge in [0, 0.05) is 10.7 Å². The molecule has 0 fully saturated rings. The van der Waals surface area contributed by atoms with Gasteiger partial charge in [-0.15, -0.1) is 22.7 Å². The van der Waals surface area contributed by atoms with Gasteiger partial charge in [0.25, 0.3) is 0 Å². The number of halogens is 1. The van der Waals surface area contributed by atoms with E-state index in [-0.39, 0.29) is 5.78 Å². The average molecular weight is 274 g/mol. The molecule has 0 saturated heterocycles. The van der Waals surface area contributed by atoms with E-state index < -0.39 is 0 Å². The minimum atomic E-state index is 0.0457. The minimum Gasteiger partial charge on any atom is -0.287 e. The molecule has 13 heavy (non-hydrogen) atoms. The molecule has 2 aromatic rings. The molecule has 0 amide bonds. The Balaban J connectivity index is 2.39. The van der Waals surface area contributed by atoms with Crippen molar-refractivity contribution >= 4 is 44.4 Å². The largest absolute Gasteiger partial charge is 0.287 e. The van der Waals surface area contributed by atoms with Crippen molar-refractivity contribution < 1.29 is 4.79 Å². The minimum absolute atomic E-state index is 0.0457. The Morgan fingerprint density at radius 1 is 1.46 bits per heavy atom. The van der Waals surface area contributed by atoms with Crippen LogP contribution in [0.15, 0.2) is 27.6 Å². The van der Waals surface area contributed by atoms with Crippen LogP contribution in [-0.2, 0) is 0 Å². The van der Waals surface area contributed by atoms with E-state index >= 15 is 0 Å². The molecule has 0 atom stereocenters.